The number of nitrogen functional groups attached to an aromatic ring is 1. The Morgan fingerprint density at radius 2 is 2.06 bits per heavy atom. The Balaban J connectivity index is 1.47. The number of piperidine rings is 1. The number of ether oxygens (including phenoxy) is 1. The van der Waals surface area contributed by atoms with Gasteiger partial charge in [-0.3, -0.25) is 4.68 Å². The molecule has 1 saturated heterocycles. The topological polar surface area (TPSA) is 120 Å². The number of anilines is 2. The Hall–Kier alpha value is -3.40. The van der Waals surface area contributed by atoms with Gasteiger partial charge < -0.3 is 20.5 Å². The molecule has 0 saturated carbocycles. The van der Waals surface area contributed by atoms with Crippen LogP contribution in [-0.4, -0.2) is 59.8 Å². The minimum absolute atomic E-state index is 0.152. The van der Waals surface area contributed by atoms with Crippen molar-refractivity contribution in [3.63, 3.8) is 0 Å². The maximum Gasteiger partial charge on any atom is 0.223 e. The predicted molar refractivity (Wildman–Crippen MR) is 127 cm³/mol. The van der Waals surface area contributed by atoms with Crippen LogP contribution in [0.4, 0.5) is 11.6 Å². The zero-order valence-electron chi connectivity index (χ0n) is 19.4. The summed E-state index contributed by atoms with van der Waals surface area (Å²) in [6.07, 6.45) is 5.86. The van der Waals surface area contributed by atoms with Crippen molar-refractivity contribution in [2.45, 2.75) is 57.7 Å². The van der Waals surface area contributed by atoms with Crippen LogP contribution in [0.15, 0.2) is 30.6 Å². The van der Waals surface area contributed by atoms with E-state index >= 15 is 0 Å². The van der Waals surface area contributed by atoms with Crippen molar-refractivity contribution in [1.82, 2.24) is 29.4 Å². The van der Waals surface area contributed by atoms with Crippen LogP contribution in [0.5, 0.6) is 5.75 Å². The predicted octanol–water partition coefficient (Wildman–Crippen LogP) is 2.61. The average Bonchev–Trinajstić information content (AvgIpc) is 3.41. The number of fused-ring (bicyclic) bond motifs is 3. The fourth-order valence-corrected chi connectivity index (χ4v) is 4.64. The maximum absolute atomic E-state index is 10.1. The number of methoxy groups -OCH3 is 1. The van der Waals surface area contributed by atoms with E-state index in [0.29, 0.717) is 29.5 Å². The average molecular weight is 451 g/mol. The van der Waals surface area contributed by atoms with Gasteiger partial charge in [0.2, 0.25) is 5.95 Å². The molecule has 0 radical (unpaired) electrons. The molecule has 0 aliphatic carbocycles. The first-order valence-electron chi connectivity index (χ1n) is 11.2. The number of aliphatic hydroxyl groups is 1. The van der Waals surface area contributed by atoms with Crippen molar-refractivity contribution in [3.05, 3.63) is 36.4 Å². The SMILES string of the molecule is COc1cccc2c1nc(N)n1nc([C@H]3CC[C@H](C)N(c4cnn(CC(C)(C)O)c4)C3)nc21. The molecule has 1 aliphatic heterocycles. The maximum atomic E-state index is 10.1. The van der Waals surface area contributed by atoms with Crippen LogP contribution >= 0.6 is 0 Å². The molecule has 1 aromatic carbocycles. The molecule has 4 heterocycles. The highest BCUT2D eigenvalue weighted by atomic mass is 16.5. The third-order valence-electron chi connectivity index (χ3n) is 6.27. The number of hydrogen-bond acceptors (Lipinski definition) is 8. The fourth-order valence-electron chi connectivity index (χ4n) is 4.64. The Kier molecular flexibility index (Phi) is 5.12. The molecule has 3 aromatic heterocycles. The molecule has 0 unspecified atom stereocenters. The van der Waals surface area contributed by atoms with Gasteiger partial charge >= 0.3 is 0 Å². The highest BCUT2D eigenvalue weighted by Gasteiger charge is 2.31. The monoisotopic (exact) mass is 450 g/mol. The zero-order valence-corrected chi connectivity index (χ0v) is 19.4. The van der Waals surface area contributed by atoms with Gasteiger partial charge in [0.05, 0.1) is 31.1 Å². The second-order valence-corrected chi connectivity index (χ2v) is 9.52. The summed E-state index contributed by atoms with van der Waals surface area (Å²) < 4.78 is 8.87. The number of para-hydroxylation sites is 1. The molecule has 10 heteroatoms. The fraction of sp³-hybridized carbons (Fsp3) is 0.478. The lowest BCUT2D eigenvalue weighted by Crippen LogP contribution is -2.41. The van der Waals surface area contributed by atoms with E-state index in [4.69, 9.17) is 20.6 Å². The van der Waals surface area contributed by atoms with Crippen molar-refractivity contribution >= 4 is 28.2 Å². The van der Waals surface area contributed by atoms with Gasteiger partial charge in [0.1, 0.15) is 11.3 Å². The molecule has 0 spiro atoms. The van der Waals surface area contributed by atoms with Gasteiger partial charge in [0.15, 0.2) is 11.5 Å². The number of aromatic nitrogens is 6. The molecule has 4 aromatic rings. The Bertz CT molecular complexity index is 1310. The standard InChI is InChI=1S/C23H30N8O2/c1-14-8-9-15(11-30(14)16-10-25-29(12-16)13-23(2,3)32)20-27-21-17-6-5-7-18(33-4)19(17)26-22(24)31(21)28-20/h5-7,10,12,14-15,32H,8-9,11,13H2,1-4H3,(H2,24,26)/t14-,15-/m0/s1. The molecule has 33 heavy (non-hydrogen) atoms. The largest absolute Gasteiger partial charge is 0.494 e. The van der Waals surface area contributed by atoms with Crippen LogP contribution in [0.1, 0.15) is 45.4 Å². The lowest BCUT2D eigenvalue weighted by atomic mass is 9.92. The molecule has 1 fully saturated rings. The first-order valence-corrected chi connectivity index (χ1v) is 11.2. The lowest BCUT2D eigenvalue weighted by Gasteiger charge is -2.37. The van der Waals surface area contributed by atoms with Crippen LogP contribution in [-0.2, 0) is 6.54 Å². The summed E-state index contributed by atoms with van der Waals surface area (Å²) in [6, 6.07) is 6.11. The number of rotatable bonds is 5. The first kappa shape index (κ1) is 21.4. The van der Waals surface area contributed by atoms with Crippen LogP contribution < -0.4 is 15.4 Å². The van der Waals surface area contributed by atoms with Crippen molar-refractivity contribution in [3.8, 4) is 5.75 Å². The number of nitrogens with two attached hydrogens (primary N) is 1. The van der Waals surface area contributed by atoms with E-state index in [-0.39, 0.29) is 11.9 Å². The van der Waals surface area contributed by atoms with E-state index in [1.807, 2.05) is 30.6 Å². The first-order chi connectivity index (χ1) is 15.7. The van der Waals surface area contributed by atoms with Crippen molar-refractivity contribution in [1.29, 1.82) is 0 Å². The van der Waals surface area contributed by atoms with Gasteiger partial charge in [0.25, 0.3) is 0 Å². The number of hydrogen-bond donors (Lipinski definition) is 2. The van der Waals surface area contributed by atoms with E-state index in [2.05, 4.69) is 21.9 Å². The molecular weight excluding hydrogens is 420 g/mol. The summed E-state index contributed by atoms with van der Waals surface area (Å²) >= 11 is 0. The summed E-state index contributed by atoms with van der Waals surface area (Å²) in [7, 11) is 1.62. The Morgan fingerprint density at radius 1 is 1.24 bits per heavy atom. The molecule has 3 N–H and O–H groups in total. The number of nitrogens with zero attached hydrogens (tertiary/aromatic N) is 7. The highest BCUT2D eigenvalue weighted by molar-refractivity contribution is 5.95. The Morgan fingerprint density at radius 3 is 2.82 bits per heavy atom. The molecule has 0 bridgehead atoms. The van der Waals surface area contributed by atoms with Gasteiger partial charge in [0, 0.05) is 30.1 Å². The van der Waals surface area contributed by atoms with Crippen molar-refractivity contribution in [2.24, 2.45) is 0 Å². The summed E-state index contributed by atoms with van der Waals surface area (Å²) in [6.45, 7) is 7.00. The minimum Gasteiger partial charge on any atom is -0.494 e. The molecule has 2 atom stereocenters. The van der Waals surface area contributed by atoms with Crippen LogP contribution in [0.3, 0.4) is 0 Å². The van der Waals surface area contributed by atoms with Gasteiger partial charge in [-0.1, -0.05) is 6.07 Å². The molecule has 1 aliphatic rings. The van der Waals surface area contributed by atoms with E-state index < -0.39 is 5.60 Å². The van der Waals surface area contributed by atoms with Crippen molar-refractivity contribution in [2.75, 3.05) is 24.3 Å². The van der Waals surface area contributed by atoms with Gasteiger partial charge in [-0.15, -0.1) is 5.10 Å². The molecule has 174 valence electrons. The van der Waals surface area contributed by atoms with E-state index in [0.717, 1.165) is 36.3 Å². The second kappa shape index (κ2) is 7.87. The van der Waals surface area contributed by atoms with Gasteiger partial charge in [-0.25, -0.2) is 9.97 Å². The number of benzene rings is 1. The van der Waals surface area contributed by atoms with Gasteiger partial charge in [-0.2, -0.15) is 9.61 Å². The van der Waals surface area contributed by atoms with Crippen molar-refractivity contribution < 1.29 is 9.84 Å². The molecular formula is C23H30N8O2. The minimum atomic E-state index is -0.820. The summed E-state index contributed by atoms with van der Waals surface area (Å²) in [4.78, 5) is 11.8. The summed E-state index contributed by atoms with van der Waals surface area (Å²) in [5.41, 5.74) is 7.82. The third-order valence-corrected chi connectivity index (χ3v) is 6.27. The smallest absolute Gasteiger partial charge is 0.223 e. The van der Waals surface area contributed by atoms with Crippen LogP contribution in [0.25, 0.3) is 16.6 Å². The van der Waals surface area contributed by atoms with E-state index in [9.17, 15) is 5.11 Å². The quantitative estimate of drug-likeness (QED) is 0.476. The van der Waals surface area contributed by atoms with Crippen LogP contribution in [0.2, 0.25) is 0 Å². The lowest BCUT2D eigenvalue weighted by molar-refractivity contribution is 0.0577. The zero-order chi connectivity index (χ0) is 23.3. The second-order valence-electron chi connectivity index (χ2n) is 9.52. The molecule has 0 amide bonds. The van der Waals surface area contributed by atoms with Gasteiger partial charge in [-0.05, 0) is 45.7 Å². The normalized spacial score (nSPS) is 19.5. The van der Waals surface area contributed by atoms with E-state index in [1.165, 1.54) is 0 Å². The molecule has 5 rings (SSSR count). The summed E-state index contributed by atoms with van der Waals surface area (Å²) in [5, 5.41) is 20.2. The third kappa shape index (κ3) is 3.95. The molecule has 10 nitrogen and oxygen atoms in total. The van der Waals surface area contributed by atoms with Crippen LogP contribution in [0, 0.1) is 0 Å². The van der Waals surface area contributed by atoms with E-state index in [1.54, 1.807) is 30.2 Å². The highest BCUT2D eigenvalue weighted by Crippen LogP contribution is 2.34. The summed E-state index contributed by atoms with van der Waals surface area (Å²) in [5.74, 6) is 1.86. The Labute approximate surface area is 192 Å².